The predicted molar refractivity (Wildman–Crippen MR) is 102 cm³/mol. The zero-order valence-corrected chi connectivity index (χ0v) is 14.9. The molecule has 0 aliphatic carbocycles. The highest BCUT2D eigenvalue weighted by Gasteiger charge is 2.03. The number of aromatic nitrogens is 3. The normalized spacial score (nSPS) is 10.5. The van der Waals surface area contributed by atoms with Crippen LogP contribution in [-0.4, -0.2) is 21.5 Å². The molecule has 2 aromatic heterocycles. The summed E-state index contributed by atoms with van der Waals surface area (Å²) in [6.45, 7) is 1.36. The third-order valence-corrected chi connectivity index (χ3v) is 4.16. The Balaban J connectivity index is 1.53. The maximum absolute atomic E-state index is 6.18. The van der Waals surface area contributed by atoms with Crippen molar-refractivity contribution >= 4 is 35.0 Å². The highest BCUT2D eigenvalue weighted by molar-refractivity contribution is 6.35. The molecule has 0 saturated heterocycles. The summed E-state index contributed by atoms with van der Waals surface area (Å²) >= 11 is 12.1. The molecule has 3 aromatic rings. The van der Waals surface area contributed by atoms with Crippen molar-refractivity contribution in [1.82, 2.24) is 15.0 Å². The summed E-state index contributed by atoms with van der Waals surface area (Å²) in [4.78, 5) is 12.7. The second-order valence-corrected chi connectivity index (χ2v) is 6.23. The fourth-order valence-electron chi connectivity index (χ4n) is 2.27. The molecule has 0 amide bonds. The van der Waals surface area contributed by atoms with Gasteiger partial charge in [0, 0.05) is 41.7 Å². The van der Waals surface area contributed by atoms with Gasteiger partial charge >= 0.3 is 0 Å². The second kappa shape index (κ2) is 8.65. The Hall–Kier alpha value is -2.37. The van der Waals surface area contributed by atoms with E-state index in [-0.39, 0.29) is 0 Å². The first-order valence-electron chi connectivity index (χ1n) is 7.84. The molecular formula is C18H17Cl2N5. The van der Waals surface area contributed by atoms with E-state index in [0.29, 0.717) is 29.1 Å². The SMILES string of the molecule is Clc1ccc(CCNc2ccnc(NCc3ccncc3)n2)c(Cl)c1. The van der Waals surface area contributed by atoms with E-state index in [1.165, 1.54) is 0 Å². The molecule has 0 aliphatic heterocycles. The van der Waals surface area contributed by atoms with Crippen LogP contribution < -0.4 is 10.6 Å². The van der Waals surface area contributed by atoms with Gasteiger partial charge < -0.3 is 10.6 Å². The lowest BCUT2D eigenvalue weighted by molar-refractivity contribution is 0.990. The van der Waals surface area contributed by atoms with Gasteiger partial charge in [0.15, 0.2) is 0 Å². The molecule has 7 heteroatoms. The van der Waals surface area contributed by atoms with Crippen LogP contribution in [0.25, 0.3) is 0 Å². The van der Waals surface area contributed by atoms with Crippen LogP contribution in [0, 0.1) is 0 Å². The molecule has 0 radical (unpaired) electrons. The van der Waals surface area contributed by atoms with E-state index in [2.05, 4.69) is 25.6 Å². The van der Waals surface area contributed by atoms with Crippen LogP contribution in [0.3, 0.4) is 0 Å². The Kier molecular flexibility index (Phi) is 6.04. The van der Waals surface area contributed by atoms with Crippen molar-refractivity contribution in [3.63, 3.8) is 0 Å². The van der Waals surface area contributed by atoms with Gasteiger partial charge in [0.05, 0.1) is 0 Å². The van der Waals surface area contributed by atoms with E-state index in [1.54, 1.807) is 24.7 Å². The van der Waals surface area contributed by atoms with Crippen LogP contribution in [-0.2, 0) is 13.0 Å². The molecule has 2 heterocycles. The molecule has 25 heavy (non-hydrogen) atoms. The molecule has 3 rings (SSSR count). The van der Waals surface area contributed by atoms with Gasteiger partial charge in [-0.3, -0.25) is 4.98 Å². The lowest BCUT2D eigenvalue weighted by Crippen LogP contribution is -2.09. The molecular weight excluding hydrogens is 357 g/mol. The van der Waals surface area contributed by atoms with Gasteiger partial charge in [-0.2, -0.15) is 4.98 Å². The molecule has 0 saturated carbocycles. The third-order valence-electron chi connectivity index (χ3n) is 3.57. The summed E-state index contributed by atoms with van der Waals surface area (Å²) in [6, 6.07) is 11.3. The number of hydrogen-bond acceptors (Lipinski definition) is 5. The second-order valence-electron chi connectivity index (χ2n) is 5.39. The van der Waals surface area contributed by atoms with Gasteiger partial charge in [-0.15, -0.1) is 0 Å². The van der Waals surface area contributed by atoms with Crippen LogP contribution in [0.5, 0.6) is 0 Å². The van der Waals surface area contributed by atoms with E-state index in [0.717, 1.165) is 23.4 Å². The fourth-order valence-corrected chi connectivity index (χ4v) is 2.78. The summed E-state index contributed by atoms with van der Waals surface area (Å²) in [5.74, 6) is 1.34. The minimum absolute atomic E-state index is 0.575. The molecule has 2 N–H and O–H groups in total. The van der Waals surface area contributed by atoms with Crippen molar-refractivity contribution in [2.24, 2.45) is 0 Å². The van der Waals surface area contributed by atoms with Crippen molar-refractivity contribution in [2.45, 2.75) is 13.0 Å². The summed E-state index contributed by atoms with van der Waals surface area (Å²) in [6.07, 6.45) is 6.02. The van der Waals surface area contributed by atoms with E-state index in [9.17, 15) is 0 Å². The first-order chi connectivity index (χ1) is 12.2. The lowest BCUT2D eigenvalue weighted by Gasteiger charge is -2.09. The molecule has 1 aromatic carbocycles. The van der Waals surface area contributed by atoms with Crippen LogP contribution >= 0.6 is 23.2 Å². The average molecular weight is 374 g/mol. The third kappa shape index (κ3) is 5.31. The fraction of sp³-hybridized carbons (Fsp3) is 0.167. The van der Waals surface area contributed by atoms with Crippen molar-refractivity contribution in [3.05, 3.63) is 76.2 Å². The van der Waals surface area contributed by atoms with Gasteiger partial charge in [0.1, 0.15) is 5.82 Å². The monoisotopic (exact) mass is 373 g/mol. The van der Waals surface area contributed by atoms with E-state index < -0.39 is 0 Å². The maximum Gasteiger partial charge on any atom is 0.224 e. The predicted octanol–water partition coefficient (Wildman–Crippen LogP) is 4.45. The number of rotatable bonds is 7. The van der Waals surface area contributed by atoms with Gasteiger partial charge in [0.25, 0.3) is 0 Å². The number of pyridine rings is 1. The largest absolute Gasteiger partial charge is 0.370 e. The first-order valence-corrected chi connectivity index (χ1v) is 8.60. The van der Waals surface area contributed by atoms with E-state index in [4.69, 9.17) is 23.2 Å². The number of anilines is 2. The van der Waals surface area contributed by atoms with Gasteiger partial charge in [-0.25, -0.2) is 4.98 Å². The number of nitrogens with zero attached hydrogens (tertiary/aromatic N) is 3. The topological polar surface area (TPSA) is 62.7 Å². The zero-order valence-electron chi connectivity index (χ0n) is 13.4. The summed E-state index contributed by atoms with van der Waals surface area (Å²) in [5.41, 5.74) is 2.16. The Morgan fingerprint density at radius 3 is 2.56 bits per heavy atom. The van der Waals surface area contributed by atoms with Gasteiger partial charge in [-0.05, 0) is 47.9 Å². The molecule has 0 unspecified atom stereocenters. The smallest absolute Gasteiger partial charge is 0.224 e. The molecule has 128 valence electrons. The highest BCUT2D eigenvalue weighted by atomic mass is 35.5. The summed E-state index contributed by atoms with van der Waals surface area (Å²) in [5, 5.41) is 7.80. The Bertz CT molecular complexity index is 827. The quantitative estimate of drug-likeness (QED) is 0.640. The van der Waals surface area contributed by atoms with Crippen molar-refractivity contribution in [3.8, 4) is 0 Å². The van der Waals surface area contributed by atoms with Gasteiger partial charge in [-0.1, -0.05) is 29.3 Å². The lowest BCUT2D eigenvalue weighted by atomic mass is 10.1. The van der Waals surface area contributed by atoms with Crippen molar-refractivity contribution in [2.75, 3.05) is 17.2 Å². The molecule has 0 spiro atoms. The number of benzene rings is 1. The first kappa shape index (κ1) is 17.5. The van der Waals surface area contributed by atoms with Gasteiger partial charge in [0.2, 0.25) is 5.95 Å². The molecule has 5 nitrogen and oxygen atoms in total. The summed E-state index contributed by atoms with van der Waals surface area (Å²) < 4.78 is 0. The molecule has 0 bridgehead atoms. The number of nitrogens with one attached hydrogen (secondary N) is 2. The van der Waals surface area contributed by atoms with Crippen LogP contribution in [0.2, 0.25) is 10.0 Å². The summed E-state index contributed by atoms with van der Waals surface area (Å²) in [7, 11) is 0. The van der Waals surface area contributed by atoms with Crippen molar-refractivity contribution < 1.29 is 0 Å². The van der Waals surface area contributed by atoms with Crippen LogP contribution in [0.1, 0.15) is 11.1 Å². The minimum atomic E-state index is 0.575. The standard InChI is InChI=1S/C18H17Cl2N5/c19-15-2-1-14(16(20)11-15)5-9-22-17-6-10-23-18(25-17)24-12-13-3-7-21-8-4-13/h1-4,6-8,10-11H,5,9,12H2,(H2,22,23,24,25). The molecule has 0 atom stereocenters. The number of halogens is 2. The van der Waals surface area contributed by atoms with E-state index >= 15 is 0 Å². The number of hydrogen-bond donors (Lipinski definition) is 2. The molecule has 0 fully saturated rings. The Morgan fingerprint density at radius 1 is 0.920 bits per heavy atom. The maximum atomic E-state index is 6.18. The van der Waals surface area contributed by atoms with Crippen LogP contribution in [0.15, 0.2) is 55.0 Å². The minimum Gasteiger partial charge on any atom is -0.370 e. The Morgan fingerprint density at radius 2 is 1.76 bits per heavy atom. The van der Waals surface area contributed by atoms with Crippen molar-refractivity contribution in [1.29, 1.82) is 0 Å². The van der Waals surface area contributed by atoms with E-state index in [1.807, 2.05) is 30.3 Å². The average Bonchev–Trinajstić information content (AvgIpc) is 2.63. The molecule has 0 aliphatic rings. The Labute approximate surface area is 156 Å². The zero-order chi connectivity index (χ0) is 17.5. The highest BCUT2D eigenvalue weighted by Crippen LogP contribution is 2.21. The van der Waals surface area contributed by atoms with Crippen LogP contribution in [0.4, 0.5) is 11.8 Å².